The summed E-state index contributed by atoms with van der Waals surface area (Å²) in [6.45, 7) is 3.23. The highest BCUT2D eigenvalue weighted by molar-refractivity contribution is 5.86. The Bertz CT molecular complexity index is 1080. The highest BCUT2D eigenvalue weighted by Crippen LogP contribution is 2.34. The molecule has 2 aromatic heterocycles. The fourth-order valence-corrected chi connectivity index (χ4v) is 3.92. The summed E-state index contributed by atoms with van der Waals surface area (Å²) >= 11 is 0. The van der Waals surface area contributed by atoms with Gasteiger partial charge in [0.25, 0.3) is 0 Å². The molecular weight excluding hydrogens is 377 g/mol. The van der Waals surface area contributed by atoms with Gasteiger partial charge in [-0.05, 0) is 50.2 Å². The molecule has 8 nitrogen and oxygen atoms in total. The summed E-state index contributed by atoms with van der Waals surface area (Å²) in [5.74, 6) is -1.10. The topological polar surface area (TPSA) is 93.4 Å². The van der Waals surface area contributed by atoms with E-state index in [2.05, 4.69) is 15.1 Å². The lowest BCUT2D eigenvalue weighted by atomic mass is 9.85. The molecule has 3 heterocycles. The molecule has 1 aliphatic rings. The molecule has 9 heteroatoms. The Morgan fingerprint density at radius 2 is 2.10 bits per heavy atom. The van der Waals surface area contributed by atoms with Crippen LogP contribution in [0.1, 0.15) is 34.0 Å². The molecule has 3 aromatic rings. The number of benzene rings is 1. The second-order valence-corrected chi connectivity index (χ2v) is 7.40. The predicted molar refractivity (Wildman–Crippen MR) is 105 cm³/mol. The van der Waals surface area contributed by atoms with Gasteiger partial charge in [0.1, 0.15) is 6.17 Å². The highest BCUT2D eigenvalue weighted by atomic mass is 19.1. The zero-order valence-electron chi connectivity index (χ0n) is 16.5. The third-order valence-electron chi connectivity index (χ3n) is 5.41. The molecule has 0 amide bonds. The molecule has 1 N–H and O–H groups in total. The maximum atomic E-state index is 14.8. The van der Waals surface area contributed by atoms with Gasteiger partial charge in [-0.1, -0.05) is 0 Å². The average molecular weight is 399 g/mol. The van der Waals surface area contributed by atoms with E-state index in [9.17, 15) is 14.3 Å². The summed E-state index contributed by atoms with van der Waals surface area (Å²) in [6.07, 6.45) is 1.48. The molecule has 152 valence electrons. The number of carboxylic acid groups (broad SMARTS) is 1. The number of halogens is 1. The largest absolute Gasteiger partial charge is 0.477 e. The first-order chi connectivity index (χ1) is 13.9. The molecule has 1 saturated heterocycles. The lowest BCUT2D eigenvalue weighted by Gasteiger charge is -2.33. The van der Waals surface area contributed by atoms with Crippen molar-refractivity contribution in [3.05, 3.63) is 41.2 Å². The standard InChI is InChI=1S/C20H22FN5O3/c1-11-6-12-9-22-26(18-8-16(19(27)28)23-20(24-18)29-3)17(12)7-14(11)13-4-5-25(2)10-15(13)21/h6-9,13,15H,4-5,10H2,1-3H3,(H,27,28)/t13-,15-/m1/s1. The summed E-state index contributed by atoms with van der Waals surface area (Å²) < 4.78 is 21.4. The monoisotopic (exact) mass is 399 g/mol. The van der Waals surface area contributed by atoms with Gasteiger partial charge < -0.3 is 14.7 Å². The summed E-state index contributed by atoms with van der Waals surface area (Å²) in [4.78, 5) is 21.5. The van der Waals surface area contributed by atoms with Gasteiger partial charge in [-0.15, -0.1) is 0 Å². The number of ether oxygens (including phenoxy) is 1. The number of methoxy groups -OCH3 is 1. The van der Waals surface area contributed by atoms with E-state index in [0.717, 1.165) is 35.0 Å². The van der Waals surface area contributed by atoms with E-state index in [1.807, 2.05) is 31.0 Å². The second kappa shape index (κ2) is 7.40. The second-order valence-electron chi connectivity index (χ2n) is 7.40. The minimum atomic E-state index is -1.19. The van der Waals surface area contributed by atoms with E-state index in [4.69, 9.17) is 4.74 Å². The van der Waals surface area contributed by atoms with Crippen LogP contribution in [0.4, 0.5) is 4.39 Å². The Kier molecular flexibility index (Phi) is 4.91. The molecular formula is C20H22FN5O3. The summed E-state index contributed by atoms with van der Waals surface area (Å²) in [5.41, 5.74) is 2.50. The normalized spacial score (nSPS) is 20.1. The smallest absolute Gasteiger partial charge is 0.354 e. The van der Waals surface area contributed by atoms with Crippen LogP contribution >= 0.6 is 0 Å². The fraction of sp³-hybridized carbons (Fsp3) is 0.400. The van der Waals surface area contributed by atoms with Crippen molar-refractivity contribution in [3.8, 4) is 11.8 Å². The maximum absolute atomic E-state index is 14.8. The molecule has 4 rings (SSSR count). The van der Waals surface area contributed by atoms with Gasteiger partial charge in [0.15, 0.2) is 11.5 Å². The Hall–Kier alpha value is -3.07. The number of hydrogen-bond donors (Lipinski definition) is 1. The van der Waals surface area contributed by atoms with Crippen LogP contribution in [0.2, 0.25) is 0 Å². The average Bonchev–Trinajstić information content (AvgIpc) is 3.09. The van der Waals surface area contributed by atoms with Gasteiger partial charge in [0, 0.05) is 23.9 Å². The Balaban J connectivity index is 1.83. The van der Waals surface area contributed by atoms with Crippen LogP contribution in [0, 0.1) is 6.92 Å². The van der Waals surface area contributed by atoms with Crippen molar-refractivity contribution in [1.29, 1.82) is 0 Å². The van der Waals surface area contributed by atoms with Crippen molar-refractivity contribution in [2.45, 2.75) is 25.4 Å². The molecule has 2 atom stereocenters. The minimum absolute atomic E-state index is 0.0602. The summed E-state index contributed by atoms with van der Waals surface area (Å²) in [7, 11) is 3.30. The minimum Gasteiger partial charge on any atom is -0.477 e. The van der Waals surface area contributed by atoms with Crippen molar-refractivity contribution in [3.63, 3.8) is 0 Å². The van der Waals surface area contributed by atoms with Crippen LogP contribution in [-0.2, 0) is 0 Å². The molecule has 0 bridgehead atoms. The Morgan fingerprint density at radius 1 is 1.31 bits per heavy atom. The SMILES string of the molecule is COc1nc(C(=O)O)cc(-n2ncc3cc(C)c([C@H]4CCN(C)C[C@H]4F)cc32)n1. The number of alkyl halides is 1. The number of aromatic carboxylic acids is 1. The first-order valence-corrected chi connectivity index (χ1v) is 9.35. The van der Waals surface area contributed by atoms with E-state index < -0.39 is 12.1 Å². The molecule has 0 unspecified atom stereocenters. The van der Waals surface area contributed by atoms with E-state index in [-0.39, 0.29) is 23.4 Å². The molecule has 0 aliphatic carbocycles. The van der Waals surface area contributed by atoms with E-state index >= 15 is 0 Å². The number of fused-ring (bicyclic) bond motifs is 1. The number of carbonyl (C=O) groups is 1. The predicted octanol–water partition coefficient (Wildman–Crippen LogP) is 2.59. The number of likely N-dealkylation sites (tertiary alicyclic amines) is 1. The van der Waals surface area contributed by atoms with Crippen LogP contribution in [0.25, 0.3) is 16.7 Å². The summed E-state index contributed by atoms with van der Waals surface area (Å²) in [5, 5.41) is 14.6. The zero-order valence-corrected chi connectivity index (χ0v) is 16.5. The van der Waals surface area contributed by atoms with Crippen LogP contribution in [-0.4, -0.2) is 69.1 Å². The third-order valence-corrected chi connectivity index (χ3v) is 5.41. The lowest BCUT2D eigenvalue weighted by Crippen LogP contribution is -2.38. The maximum Gasteiger partial charge on any atom is 0.354 e. The molecule has 1 aliphatic heterocycles. The van der Waals surface area contributed by atoms with Crippen molar-refractivity contribution in [1.82, 2.24) is 24.6 Å². The van der Waals surface area contributed by atoms with Crippen LogP contribution in [0.5, 0.6) is 6.01 Å². The molecule has 1 aromatic carbocycles. The number of rotatable bonds is 4. The van der Waals surface area contributed by atoms with Crippen molar-refractivity contribution in [2.24, 2.45) is 0 Å². The molecule has 29 heavy (non-hydrogen) atoms. The summed E-state index contributed by atoms with van der Waals surface area (Å²) in [6, 6.07) is 5.20. The number of carboxylic acids is 1. The molecule has 1 fully saturated rings. The fourth-order valence-electron chi connectivity index (χ4n) is 3.92. The van der Waals surface area contributed by atoms with Gasteiger partial charge in [-0.25, -0.2) is 13.9 Å². The molecule has 0 radical (unpaired) electrons. The van der Waals surface area contributed by atoms with Gasteiger partial charge in [-0.3, -0.25) is 0 Å². The van der Waals surface area contributed by atoms with E-state index in [1.54, 1.807) is 6.20 Å². The Labute approximate surface area is 166 Å². The number of aryl methyl sites for hydroxylation is 1. The van der Waals surface area contributed by atoms with Gasteiger partial charge in [0.05, 0.1) is 18.8 Å². The van der Waals surface area contributed by atoms with Crippen molar-refractivity contribution >= 4 is 16.9 Å². The quantitative estimate of drug-likeness (QED) is 0.721. The van der Waals surface area contributed by atoms with Crippen molar-refractivity contribution < 1.29 is 19.0 Å². The number of aromatic nitrogens is 4. The number of hydrogen-bond acceptors (Lipinski definition) is 6. The van der Waals surface area contributed by atoms with E-state index in [0.29, 0.717) is 6.54 Å². The van der Waals surface area contributed by atoms with Gasteiger partial charge in [-0.2, -0.15) is 15.1 Å². The van der Waals surface area contributed by atoms with Crippen molar-refractivity contribution in [2.75, 3.05) is 27.2 Å². The highest BCUT2D eigenvalue weighted by Gasteiger charge is 2.30. The number of nitrogens with zero attached hydrogens (tertiary/aromatic N) is 5. The van der Waals surface area contributed by atoms with Crippen LogP contribution in [0.3, 0.4) is 0 Å². The molecule has 0 saturated carbocycles. The third kappa shape index (κ3) is 3.53. The van der Waals surface area contributed by atoms with Gasteiger partial charge in [0.2, 0.25) is 0 Å². The Morgan fingerprint density at radius 3 is 2.79 bits per heavy atom. The first-order valence-electron chi connectivity index (χ1n) is 9.35. The van der Waals surface area contributed by atoms with E-state index in [1.165, 1.54) is 17.9 Å². The lowest BCUT2D eigenvalue weighted by molar-refractivity contribution is 0.0689. The first kappa shape index (κ1) is 19.3. The zero-order chi connectivity index (χ0) is 20.7. The van der Waals surface area contributed by atoms with Crippen LogP contribution in [0.15, 0.2) is 24.4 Å². The van der Waals surface area contributed by atoms with Gasteiger partial charge >= 0.3 is 12.0 Å². The molecule has 0 spiro atoms. The number of piperidine rings is 1. The van der Waals surface area contributed by atoms with Crippen LogP contribution < -0.4 is 4.74 Å².